The number of rotatable bonds is 10. The molecule has 4 fully saturated rings. The Labute approximate surface area is 314 Å². The molecule has 4 aliphatic heterocycles. The van der Waals surface area contributed by atoms with Gasteiger partial charge in [0, 0.05) is 36.7 Å². The van der Waals surface area contributed by atoms with E-state index in [9.17, 15) is 14.4 Å². The first-order valence-corrected chi connectivity index (χ1v) is 16.2. The summed E-state index contributed by atoms with van der Waals surface area (Å²) in [5.41, 5.74) is 1.46. The van der Waals surface area contributed by atoms with Crippen LogP contribution in [0.15, 0.2) is 49.8 Å². The van der Waals surface area contributed by atoms with Crippen molar-refractivity contribution in [1.29, 1.82) is 0 Å². The highest BCUT2D eigenvalue weighted by molar-refractivity contribution is 5.87. The van der Waals surface area contributed by atoms with Crippen LogP contribution in [0.3, 0.4) is 0 Å². The van der Waals surface area contributed by atoms with Crippen molar-refractivity contribution in [2.45, 2.75) is 67.1 Å². The van der Waals surface area contributed by atoms with E-state index in [-0.39, 0.29) is 31.2 Å². The van der Waals surface area contributed by atoms with Crippen molar-refractivity contribution in [2.24, 2.45) is 10.8 Å². The third kappa shape index (κ3) is 38.1. The second-order valence-corrected chi connectivity index (χ2v) is 12.4. The first kappa shape index (κ1) is 58.2. The third-order valence-corrected chi connectivity index (χ3v) is 6.37. The first-order chi connectivity index (χ1) is 23.8. The minimum Gasteiger partial charge on any atom is -0.505 e. The van der Waals surface area contributed by atoms with Crippen LogP contribution in [0.5, 0.6) is 0 Å². The molecule has 4 rings (SSSR count). The number of hydrogen-bond acceptors (Lipinski definition) is 14. The van der Waals surface area contributed by atoms with Gasteiger partial charge >= 0.3 is 17.9 Å². The normalized spacial score (nSPS) is 17.3. The van der Waals surface area contributed by atoms with Crippen molar-refractivity contribution in [1.82, 2.24) is 0 Å². The highest BCUT2D eigenvalue weighted by Gasteiger charge is 2.36. The molecule has 0 bridgehead atoms. The monoisotopic (exact) mass is 752 g/mol. The van der Waals surface area contributed by atoms with Crippen LogP contribution >= 0.6 is 0 Å². The van der Waals surface area contributed by atoms with E-state index in [2.05, 4.69) is 79.9 Å². The summed E-state index contributed by atoms with van der Waals surface area (Å²) in [7, 11) is 8.91. The van der Waals surface area contributed by atoms with E-state index in [0.717, 1.165) is 58.9 Å². The molecular weight excluding hydrogens is 680 g/mol. The molecule has 4 heterocycles. The number of carbonyl (C=O) groups excluding carboxylic acids is 3. The summed E-state index contributed by atoms with van der Waals surface area (Å²) in [6.07, 6.45) is 4.24. The van der Waals surface area contributed by atoms with Gasteiger partial charge in [-0.15, -0.1) is 0 Å². The zero-order valence-electron chi connectivity index (χ0n) is 33.4. The number of aliphatic hydroxyl groups is 1. The van der Waals surface area contributed by atoms with E-state index in [4.69, 9.17) is 33.5 Å². The minimum absolute atomic E-state index is 0. The molecule has 1 N–H and O–H groups in total. The van der Waals surface area contributed by atoms with E-state index in [1.807, 2.05) is 0 Å². The zero-order chi connectivity index (χ0) is 40.5. The van der Waals surface area contributed by atoms with Gasteiger partial charge in [0.05, 0.1) is 111 Å². The van der Waals surface area contributed by atoms with Gasteiger partial charge in [0.1, 0.15) is 0 Å². The molecule has 1 unspecified atom stereocenters. The third-order valence-electron chi connectivity index (χ3n) is 6.37. The van der Waals surface area contributed by atoms with Gasteiger partial charge < -0.3 is 52.5 Å². The largest absolute Gasteiger partial charge is 0.505 e. The fraction of sp³-hybridized carbons (Fsp3) is 0.711. The summed E-state index contributed by atoms with van der Waals surface area (Å²) < 4.78 is 46.7. The minimum atomic E-state index is -0.563. The quantitative estimate of drug-likeness (QED) is 0.102. The molecule has 0 aromatic heterocycles. The number of carbonyl (C=O) groups is 3. The highest BCUT2D eigenvalue weighted by atomic mass is 16.6. The molecule has 0 amide bonds. The van der Waals surface area contributed by atoms with Crippen LogP contribution in [0.2, 0.25) is 0 Å². The fourth-order valence-corrected chi connectivity index (χ4v) is 2.68. The molecule has 0 spiro atoms. The Morgan fingerprint density at radius 3 is 1.29 bits per heavy atom. The van der Waals surface area contributed by atoms with Gasteiger partial charge in [-0.2, -0.15) is 0 Å². The average Bonchev–Trinajstić information content (AvgIpc) is 4.04. The van der Waals surface area contributed by atoms with Gasteiger partial charge in [-0.3, -0.25) is 0 Å². The predicted molar refractivity (Wildman–Crippen MR) is 203 cm³/mol. The molecule has 0 saturated carbocycles. The Morgan fingerprint density at radius 1 is 0.827 bits per heavy atom. The second kappa shape index (κ2) is 34.9. The molecule has 0 aliphatic carbocycles. The van der Waals surface area contributed by atoms with Crippen molar-refractivity contribution in [2.75, 3.05) is 102 Å². The van der Waals surface area contributed by atoms with E-state index in [1.165, 1.54) is 34.0 Å². The van der Waals surface area contributed by atoms with Gasteiger partial charge in [0.2, 0.25) is 0 Å². The van der Waals surface area contributed by atoms with Gasteiger partial charge in [0.25, 0.3) is 0 Å². The molecule has 308 valence electrons. The lowest BCUT2D eigenvalue weighted by atomic mass is 9.84. The molecule has 14 nitrogen and oxygen atoms in total. The van der Waals surface area contributed by atoms with E-state index in [1.54, 1.807) is 28.3 Å². The first-order valence-electron chi connectivity index (χ1n) is 16.2. The standard InChI is InChI=1S/C7H14O2.C6H12O2.C5H8O3.C5H8O2.C4H6O2.C4H8O.2C3H6O.CH4/c1-3-7(4-8-2)5-9-6-7;1-6(3-7-2)4-8-5-6;1-4(3-6)5(7)8-2;1-4(2)5(6)7-3;1-3-4(5)6-2;1-4(2)3-5-4;1-3-2-4-3;1-3-4-2;/h3-6H2,1-2H3;3-5H2,1-2H3;6H,1,3H2,2H3;1H2,2-3H3;3H,1H2,2H3;3H2,1-2H3;3H,2H2,1H3;3H,1H2,2H3;1H4. The lowest BCUT2D eigenvalue weighted by Gasteiger charge is -2.39. The maximum absolute atomic E-state index is 10.3. The molecule has 1 atom stereocenters. The van der Waals surface area contributed by atoms with Crippen molar-refractivity contribution in [3.63, 3.8) is 0 Å². The van der Waals surface area contributed by atoms with Crippen LogP contribution in [0.4, 0.5) is 0 Å². The fourth-order valence-electron chi connectivity index (χ4n) is 2.68. The Morgan fingerprint density at radius 2 is 1.23 bits per heavy atom. The molecule has 52 heavy (non-hydrogen) atoms. The van der Waals surface area contributed by atoms with Crippen LogP contribution in [0.25, 0.3) is 0 Å². The van der Waals surface area contributed by atoms with E-state index < -0.39 is 11.9 Å². The smallest absolute Gasteiger partial charge is 0.335 e. The van der Waals surface area contributed by atoms with Crippen molar-refractivity contribution >= 4 is 17.9 Å². The summed E-state index contributed by atoms with van der Waals surface area (Å²) in [6.45, 7) is 31.9. The SMILES string of the molecule is C.C=C(C)C(=O)OC.C=C(CO)C(=O)OC.C=CC(=O)OC.C=COC.CC1(C)CO1.CC1CO1.CCC1(COC)COC1.COCC1(C)COC1. The Hall–Kier alpha value is -3.11. The number of ether oxygens (including phenoxy) is 10. The van der Waals surface area contributed by atoms with Crippen LogP contribution in [-0.2, 0) is 61.8 Å². The average molecular weight is 753 g/mol. The van der Waals surface area contributed by atoms with Crippen LogP contribution in [0.1, 0.15) is 55.4 Å². The maximum atomic E-state index is 10.3. The summed E-state index contributed by atoms with van der Waals surface area (Å²) in [4.78, 5) is 30.3. The van der Waals surface area contributed by atoms with Gasteiger partial charge in [-0.05, 0) is 34.1 Å². The molecule has 0 aromatic rings. The number of esters is 3. The van der Waals surface area contributed by atoms with E-state index >= 15 is 0 Å². The highest BCUT2D eigenvalue weighted by Crippen LogP contribution is 2.31. The molecule has 4 aliphatic rings. The molecule has 14 heteroatoms. The number of methoxy groups -OCH3 is 6. The number of aliphatic hydroxyl groups excluding tert-OH is 1. The Bertz CT molecular complexity index is 939. The van der Waals surface area contributed by atoms with Gasteiger partial charge in [-0.25, -0.2) is 14.4 Å². The second-order valence-electron chi connectivity index (χ2n) is 12.4. The van der Waals surface area contributed by atoms with Gasteiger partial charge in [-0.1, -0.05) is 47.6 Å². The maximum Gasteiger partial charge on any atom is 0.335 e. The van der Waals surface area contributed by atoms with Crippen molar-refractivity contribution in [3.8, 4) is 0 Å². The Balaban J connectivity index is -0.000000164. The zero-order valence-corrected chi connectivity index (χ0v) is 33.4. The van der Waals surface area contributed by atoms with Crippen LogP contribution in [-0.4, -0.2) is 137 Å². The van der Waals surface area contributed by atoms with E-state index in [0.29, 0.717) is 22.5 Å². The summed E-state index contributed by atoms with van der Waals surface area (Å²) in [5.74, 6) is -1.30. The summed E-state index contributed by atoms with van der Waals surface area (Å²) in [5, 5.41) is 8.24. The van der Waals surface area contributed by atoms with Crippen LogP contribution < -0.4 is 0 Å². The number of hydrogen-bond donors (Lipinski definition) is 1. The van der Waals surface area contributed by atoms with Crippen molar-refractivity contribution in [3.05, 3.63) is 49.8 Å². The topological polar surface area (TPSA) is 170 Å². The molecule has 0 aromatic carbocycles. The molecular formula is C38H72O14. The lowest BCUT2D eigenvalue weighted by Crippen LogP contribution is -2.45. The molecule has 4 saturated heterocycles. The number of epoxide rings is 2. The summed E-state index contributed by atoms with van der Waals surface area (Å²) >= 11 is 0. The summed E-state index contributed by atoms with van der Waals surface area (Å²) in [6, 6.07) is 0. The Kier molecular flexibility index (Phi) is 39.1. The predicted octanol–water partition coefficient (Wildman–Crippen LogP) is 5.13. The van der Waals surface area contributed by atoms with Gasteiger partial charge in [0.15, 0.2) is 0 Å². The van der Waals surface area contributed by atoms with Crippen LogP contribution in [0, 0.1) is 10.8 Å². The molecule has 0 radical (unpaired) electrons. The van der Waals surface area contributed by atoms with Crippen molar-refractivity contribution < 1.29 is 66.9 Å². The lowest BCUT2D eigenvalue weighted by molar-refractivity contribution is -0.144.